The molecule has 1 saturated heterocycles. The monoisotopic (exact) mass is 384 g/mol. The molecule has 2 atom stereocenters. The van der Waals surface area contributed by atoms with Gasteiger partial charge in [-0.3, -0.25) is 4.79 Å². The zero-order chi connectivity index (χ0) is 17.1. The van der Waals surface area contributed by atoms with Crippen LogP contribution in [0.1, 0.15) is 18.8 Å². The van der Waals surface area contributed by atoms with Gasteiger partial charge in [0, 0.05) is 44.1 Å². The summed E-state index contributed by atoms with van der Waals surface area (Å²) in [7, 11) is 1.94. The number of aromatic nitrogens is 2. The van der Waals surface area contributed by atoms with Gasteiger partial charge in [-0.25, -0.2) is 4.98 Å². The van der Waals surface area contributed by atoms with Crippen molar-refractivity contribution in [3.05, 3.63) is 47.5 Å². The van der Waals surface area contributed by atoms with E-state index in [1.807, 2.05) is 22.7 Å². The first-order chi connectivity index (χ1) is 11.6. The number of benzene rings is 1. The number of hydrogen-bond acceptors (Lipinski definition) is 4. The minimum Gasteiger partial charge on any atom is -0.481 e. The van der Waals surface area contributed by atoms with Gasteiger partial charge < -0.3 is 19.5 Å². The van der Waals surface area contributed by atoms with Crippen LogP contribution in [-0.4, -0.2) is 46.1 Å². The molecular formula is C17H22Cl2N4O2. The molecule has 0 aliphatic carbocycles. The van der Waals surface area contributed by atoms with E-state index in [-0.39, 0.29) is 24.4 Å². The van der Waals surface area contributed by atoms with Gasteiger partial charge in [-0.2, -0.15) is 0 Å². The summed E-state index contributed by atoms with van der Waals surface area (Å²) in [5.74, 6) is 1.40. The number of aryl methyl sites for hydroxylation is 1. The van der Waals surface area contributed by atoms with Gasteiger partial charge in [0.2, 0.25) is 0 Å². The third-order valence-corrected chi connectivity index (χ3v) is 4.37. The van der Waals surface area contributed by atoms with E-state index in [0.717, 1.165) is 12.4 Å². The summed E-state index contributed by atoms with van der Waals surface area (Å²) in [5.41, 5.74) is 0. The van der Waals surface area contributed by atoms with Crippen molar-refractivity contribution >= 4 is 29.9 Å². The lowest BCUT2D eigenvalue weighted by molar-refractivity contribution is -0.141. The van der Waals surface area contributed by atoms with Gasteiger partial charge in [-0.05, 0) is 25.1 Å². The highest BCUT2D eigenvalue weighted by molar-refractivity contribution is 6.30. The third-order valence-electron chi connectivity index (χ3n) is 4.14. The fraction of sp³-hybridized carbons (Fsp3) is 0.412. The number of carbonyl (C=O) groups excluding carboxylic acids is 1. The van der Waals surface area contributed by atoms with Crippen molar-refractivity contribution in [3.8, 4) is 5.75 Å². The number of rotatable bonds is 4. The van der Waals surface area contributed by atoms with Crippen molar-refractivity contribution in [2.75, 3.05) is 19.6 Å². The molecule has 2 unspecified atom stereocenters. The molecule has 1 aliphatic heterocycles. The Labute approximate surface area is 158 Å². The average Bonchev–Trinajstić information content (AvgIpc) is 3.00. The summed E-state index contributed by atoms with van der Waals surface area (Å²) < 4.78 is 7.73. The Morgan fingerprint density at radius 3 is 2.96 bits per heavy atom. The van der Waals surface area contributed by atoms with Crippen molar-refractivity contribution < 1.29 is 9.53 Å². The second-order valence-electron chi connectivity index (χ2n) is 5.87. The van der Waals surface area contributed by atoms with E-state index in [1.165, 1.54) is 0 Å². The predicted molar refractivity (Wildman–Crippen MR) is 99.3 cm³/mol. The quantitative estimate of drug-likeness (QED) is 0.879. The summed E-state index contributed by atoms with van der Waals surface area (Å²) in [5, 5.41) is 3.91. The first-order valence-corrected chi connectivity index (χ1v) is 8.34. The van der Waals surface area contributed by atoms with Crippen LogP contribution in [0.25, 0.3) is 0 Å². The van der Waals surface area contributed by atoms with Crippen LogP contribution < -0.4 is 10.1 Å². The maximum Gasteiger partial charge on any atom is 0.264 e. The van der Waals surface area contributed by atoms with E-state index in [2.05, 4.69) is 10.3 Å². The average molecular weight is 385 g/mol. The number of amides is 1. The van der Waals surface area contributed by atoms with Gasteiger partial charge in [0.05, 0.1) is 0 Å². The Kier molecular flexibility index (Phi) is 6.70. The fourth-order valence-electron chi connectivity index (χ4n) is 2.93. The van der Waals surface area contributed by atoms with Gasteiger partial charge in [0.25, 0.3) is 5.91 Å². The van der Waals surface area contributed by atoms with Crippen LogP contribution in [0.4, 0.5) is 0 Å². The van der Waals surface area contributed by atoms with Crippen LogP contribution in [-0.2, 0) is 11.8 Å². The Bertz CT molecular complexity index is 722. The zero-order valence-corrected chi connectivity index (χ0v) is 15.8. The summed E-state index contributed by atoms with van der Waals surface area (Å²) in [6, 6.07) is 6.98. The minimum absolute atomic E-state index is 0. The largest absolute Gasteiger partial charge is 0.481 e. The van der Waals surface area contributed by atoms with Gasteiger partial charge in [-0.1, -0.05) is 17.7 Å². The fourth-order valence-corrected chi connectivity index (χ4v) is 3.11. The lowest BCUT2D eigenvalue weighted by atomic mass is 10.1. The molecule has 3 rings (SSSR count). The Balaban J connectivity index is 0.00000225. The number of hydrogen-bond donors (Lipinski definition) is 1. The number of imidazole rings is 1. The summed E-state index contributed by atoms with van der Waals surface area (Å²) in [6.45, 7) is 3.83. The van der Waals surface area contributed by atoms with Crippen LogP contribution in [0.3, 0.4) is 0 Å². The number of piperazine rings is 1. The van der Waals surface area contributed by atoms with Crippen LogP contribution in [0, 0.1) is 0 Å². The van der Waals surface area contributed by atoms with E-state index in [0.29, 0.717) is 23.9 Å². The van der Waals surface area contributed by atoms with E-state index in [9.17, 15) is 4.79 Å². The lowest BCUT2D eigenvalue weighted by Gasteiger charge is -2.37. The second kappa shape index (κ2) is 8.56. The highest BCUT2D eigenvalue weighted by Crippen LogP contribution is 2.23. The molecular weight excluding hydrogens is 363 g/mol. The number of carbonyl (C=O) groups is 1. The van der Waals surface area contributed by atoms with Crippen LogP contribution in [0.15, 0.2) is 36.7 Å². The Morgan fingerprint density at radius 1 is 1.48 bits per heavy atom. The van der Waals surface area contributed by atoms with Crippen molar-refractivity contribution in [1.29, 1.82) is 0 Å². The van der Waals surface area contributed by atoms with Crippen molar-refractivity contribution in [2.24, 2.45) is 7.05 Å². The maximum atomic E-state index is 12.9. The number of halogens is 2. The number of nitrogens with zero attached hydrogens (tertiary/aromatic N) is 3. The SMILES string of the molecule is CC(Oc1cccc(Cl)c1)C(=O)N1CCNCC1c1nccn1C.Cl. The van der Waals surface area contributed by atoms with E-state index < -0.39 is 6.10 Å². The maximum absolute atomic E-state index is 12.9. The molecule has 6 nitrogen and oxygen atoms in total. The molecule has 1 aliphatic rings. The number of ether oxygens (including phenoxy) is 1. The predicted octanol–water partition coefficient (Wildman–Crippen LogP) is 2.44. The summed E-state index contributed by atoms with van der Waals surface area (Å²) >= 11 is 5.97. The van der Waals surface area contributed by atoms with E-state index in [1.54, 1.807) is 37.4 Å². The minimum atomic E-state index is -0.593. The second-order valence-corrected chi connectivity index (χ2v) is 6.30. The molecule has 1 N–H and O–H groups in total. The molecule has 136 valence electrons. The van der Waals surface area contributed by atoms with Crippen LogP contribution in [0.5, 0.6) is 5.75 Å². The van der Waals surface area contributed by atoms with Crippen molar-refractivity contribution in [1.82, 2.24) is 19.8 Å². The summed E-state index contributed by atoms with van der Waals surface area (Å²) in [6.07, 6.45) is 3.04. The van der Waals surface area contributed by atoms with Crippen molar-refractivity contribution in [3.63, 3.8) is 0 Å². The third kappa shape index (κ3) is 4.45. The Morgan fingerprint density at radius 2 is 2.28 bits per heavy atom. The van der Waals surface area contributed by atoms with Gasteiger partial charge in [0.1, 0.15) is 17.6 Å². The summed E-state index contributed by atoms with van der Waals surface area (Å²) in [4.78, 5) is 19.1. The van der Waals surface area contributed by atoms with E-state index in [4.69, 9.17) is 16.3 Å². The molecule has 2 heterocycles. The number of nitrogens with one attached hydrogen (secondary N) is 1. The van der Waals surface area contributed by atoms with Gasteiger partial charge in [0.15, 0.2) is 6.10 Å². The van der Waals surface area contributed by atoms with E-state index >= 15 is 0 Å². The molecule has 0 bridgehead atoms. The van der Waals surface area contributed by atoms with Crippen molar-refractivity contribution in [2.45, 2.75) is 19.1 Å². The molecule has 0 spiro atoms. The first-order valence-electron chi connectivity index (χ1n) is 7.97. The molecule has 1 aromatic carbocycles. The van der Waals surface area contributed by atoms with Gasteiger partial charge >= 0.3 is 0 Å². The molecule has 1 fully saturated rings. The molecule has 2 aromatic rings. The standard InChI is InChI=1S/C17H21ClN4O2.ClH/c1-12(24-14-5-3-4-13(18)10-14)17(23)22-9-6-19-11-15(22)16-20-7-8-21(16)2;/h3-5,7-8,10,12,15,19H,6,9,11H2,1-2H3;1H. The molecule has 0 radical (unpaired) electrons. The normalized spacial score (nSPS) is 18.4. The molecule has 25 heavy (non-hydrogen) atoms. The lowest BCUT2D eigenvalue weighted by Crippen LogP contribution is -2.52. The highest BCUT2D eigenvalue weighted by atomic mass is 35.5. The van der Waals surface area contributed by atoms with Crippen LogP contribution in [0.2, 0.25) is 5.02 Å². The van der Waals surface area contributed by atoms with Crippen LogP contribution >= 0.6 is 24.0 Å². The molecule has 1 amide bonds. The molecule has 1 aromatic heterocycles. The van der Waals surface area contributed by atoms with Gasteiger partial charge in [-0.15, -0.1) is 12.4 Å². The first kappa shape index (κ1) is 19.6. The topological polar surface area (TPSA) is 59.4 Å². The smallest absolute Gasteiger partial charge is 0.264 e. The Hall–Kier alpha value is -1.76. The highest BCUT2D eigenvalue weighted by Gasteiger charge is 2.33. The zero-order valence-electron chi connectivity index (χ0n) is 14.2. The molecule has 8 heteroatoms. The molecule has 0 saturated carbocycles.